The van der Waals surface area contributed by atoms with Gasteiger partial charge in [-0.25, -0.2) is 4.98 Å². The summed E-state index contributed by atoms with van der Waals surface area (Å²) in [6.07, 6.45) is 10.4. The molecule has 3 heterocycles. The monoisotopic (exact) mass is 361 g/mol. The summed E-state index contributed by atoms with van der Waals surface area (Å²) in [4.78, 5) is 22.2. The lowest BCUT2D eigenvalue weighted by Crippen LogP contribution is -2.40. The molecule has 4 nitrogen and oxygen atoms in total. The summed E-state index contributed by atoms with van der Waals surface area (Å²) in [6, 6.07) is 0.843. The largest absolute Gasteiger partial charge is 0.337 e. The summed E-state index contributed by atoms with van der Waals surface area (Å²) in [5.74, 6) is 1.33. The number of thiazole rings is 1. The quantitative estimate of drug-likeness (QED) is 0.812. The molecule has 1 aromatic heterocycles. The second kappa shape index (κ2) is 7.75. The second-order valence-corrected chi connectivity index (χ2v) is 9.21. The van der Waals surface area contributed by atoms with Crippen molar-refractivity contribution in [1.29, 1.82) is 0 Å². The molecule has 1 aromatic rings. The molecule has 0 aromatic carbocycles. The van der Waals surface area contributed by atoms with Crippen LogP contribution in [0.15, 0.2) is 5.38 Å². The van der Waals surface area contributed by atoms with Crippen molar-refractivity contribution in [2.24, 2.45) is 5.92 Å². The highest BCUT2D eigenvalue weighted by Gasteiger charge is 2.30. The van der Waals surface area contributed by atoms with Gasteiger partial charge in [-0.2, -0.15) is 0 Å². The van der Waals surface area contributed by atoms with E-state index in [1.54, 1.807) is 11.3 Å². The predicted octanol–water partition coefficient (Wildman–Crippen LogP) is 4.14. The maximum absolute atomic E-state index is 12.7. The lowest BCUT2D eigenvalue weighted by atomic mass is 9.96. The fourth-order valence-electron chi connectivity index (χ4n) is 4.89. The maximum atomic E-state index is 12.7. The van der Waals surface area contributed by atoms with Gasteiger partial charge in [0.05, 0.1) is 5.01 Å². The Labute approximate surface area is 155 Å². The maximum Gasteiger partial charge on any atom is 0.273 e. The smallest absolute Gasteiger partial charge is 0.273 e. The first-order valence-electron chi connectivity index (χ1n) is 10.2. The molecule has 1 amide bonds. The van der Waals surface area contributed by atoms with Gasteiger partial charge < -0.3 is 9.80 Å². The number of nitrogens with zero attached hydrogens (tertiary/aromatic N) is 3. The minimum atomic E-state index is 0.150. The topological polar surface area (TPSA) is 36.4 Å². The summed E-state index contributed by atoms with van der Waals surface area (Å²) < 4.78 is 0. The number of amides is 1. The zero-order valence-electron chi connectivity index (χ0n) is 15.5. The molecule has 3 aliphatic rings. The van der Waals surface area contributed by atoms with Crippen LogP contribution in [0.2, 0.25) is 0 Å². The molecular formula is C20H31N3OS. The molecule has 0 spiro atoms. The van der Waals surface area contributed by atoms with Gasteiger partial charge in [-0.05, 0) is 57.5 Å². The van der Waals surface area contributed by atoms with Crippen molar-refractivity contribution in [1.82, 2.24) is 14.8 Å². The molecule has 0 bridgehead atoms. The third kappa shape index (κ3) is 3.92. The van der Waals surface area contributed by atoms with Gasteiger partial charge in [0.1, 0.15) is 5.69 Å². The van der Waals surface area contributed by atoms with E-state index in [1.165, 1.54) is 63.0 Å². The van der Waals surface area contributed by atoms with Crippen LogP contribution in [-0.2, 0) is 0 Å². The van der Waals surface area contributed by atoms with Crippen LogP contribution in [0.3, 0.4) is 0 Å². The second-order valence-electron chi connectivity index (χ2n) is 8.32. The molecule has 4 rings (SSSR count). The third-order valence-electron chi connectivity index (χ3n) is 6.41. The lowest BCUT2D eigenvalue weighted by Gasteiger charge is -2.35. The molecule has 5 heteroatoms. The van der Waals surface area contributed by atoms with Crippen molar-refractivity contribution in [3.8, 4) is 0 Å². The Morgan fingerprint density at radius 2 is 1.84 bits per heavy atom. The van der Waals surface area contributed by atoms with Crippen LogP contribution in [0.1, 0.15) is 79.7 Å². The first kappa shape index (κ1) is 17.5. The number of hydrogen-bond acceptors (Lipinski definition) is 4. The number of rotatable bonds is 3. The minimum absolute atomic E-state index is 0.150. The van der Waals surface area contributed by atoms with Crippen molar-refractivity contribution in [3.05, 3.63) is 16.1 Å². The number of hydrogen-bond donors (Lipinski definition) is 0. The third-order valence-corrected chi connectivity index (χ3v) is 7.41. The van der Waals surface area contributed by atoms with Gasteiger partial charge in [0, 0.05) is 30.4 Å². The summed E-state index contributed by atoms with van der Waals surface area (Å²) in [5.41, 5.74) is 0.687. The molecule has 1 aliphatic carbocycles. The fourth-order valence-corrected chi connectivity index (χ4v) is 5.86. The van der Waals surface area contributed by atoms with E-state index in [4.69, 9.17) is 4.98 Å². The van der Waals surface area contributed by atoms with Gasteiger partial charge in [-0.15, -0.1) is 11.3 Å². The zero-order valence-corrected chi connectivity index (χ0v) is 16.3. The van der Waals surface area contributed by atoms with E-state index in [9.17, 15) is 4.79 Å². The zero-order chi connectivity index (χ0) is 17.2. The highest BCUT2D eigenvalue weighted by Crippen LogP contribution is 2.34. The predicted molar refractivity (Wildman–Crippen MR) is 102 cm³/mol. The highest BCUT2D eigenvalue weighted by molar-refractivity contribution is 7.09. The molecule has 0 radical (unpaired) electrons. The van der Waals surface area contributed by atoms with Crippen LogP contribution >= 0.6 is 11.3 Å². The van der Waals surface area contributed by atoms with Gasteiger partial charge >= 0.3 is 0 Å². The van der Waals surface area contributed by atoms with E-state index in [0.29, 0.717) is 17.5 Å². The number of carbonyl (C=O) groups is 1. The Hall–Kier alpha value is -0.940. The van der Waals surface area contributed by atoms with E-state index in [2.05, 4.69) is 11.8 Å². The summed E-state index contributed by atoms with van der Waals surface area (Å²) in [6.45, 7) is 6.45. The van der Waals surface area contributed by atoms with Crippen molar-refractivity contribution in [2.45, 2.75) is 70.3 Å². The van der Waals surface area contributed by atoms with Gasteiger partial charge in [0.2, 0.25) is 0 Å². The van der Waals surface area contributed by atoms with E-state index in [-0.39, 0.29) is 5.91 Å². The van der Waals surface area contributed by atoms with Crippen LogP contribution in [-0.4, -0.2) is 52.9 Å². The Balaban J connectivity index is 1.34. The summed E-state index contributed by atoms with van der Waals surface area (Å²) in [7, 11) is 0. The Kier molecular flexibility index (Phi) is 5.41. The van der Waals surface area contributed by atoms with Crippen LogP contribution in [0, 0.1) is 5.92 Å². The summed E-state index contributed by atoms with van der Waals surface area (Å²) in [5, 5.41) is 3.19. The van der Waals surface area contributed by atoms with Crippen molar-refractivity contribution in [2.75, 3.05) is 26.2 Å². The van der Waals surface area contributed by atoms with E-state index in [0.717, 1.165) is 25.6 Å². The average Bonchev–Trinajstić information content (AvgIpc) is 3.33. The average molecular weight is 362 g/mol. The first-order chi connectivity index (χ1) is 12.2. The fraction of sp³-hybridized carbons (Fsp3) is 0.800. The highest BCUT2D eigenvalue weighted by atomic mass is 32.1. The van der Waals surface area contributed by atoms with Gasteiger partial charge in [-0.3, -0.25) is 4.79 Å². The van der Waals surface area contributed by atoms with Gasteiger partial charge in [0.15, 0.2) is 0 Å². The molecule has 2 aliphatic heterocycles. The first-order valence-corrected chi connectivity index (χ1v) is 11.1. The number of likely N-dealkylation sites (tertiary alicyclic amines) is 2. The van der Waals surface area contributed by atoms with Gasteiger partial charge in [-0.1, -0.05) is 19.8 Å². The number of piperidine rings is 2. The molecule has 3 fully saturated rings. The normalized spacial score (nSPS) is 27.1. The van der Waals surface area contributed by atoms with E-state index < -0.39 is 0 Å². The van der Waals surface area contributed by atoms with Crippen molar-refractivity contribution < 1.29 is 4.79 Å². The molecular weight excluding hydrogens is 330 g/mol. The number of aromatic nitrogens is 1. The molecule has 1 atom stereocenters. The van der Waals surface area contributed by atoms with Crippen molar-refractivity contribution in [3.63, 3.8) is 0 Å². The Morgan fingerprint density at radius 3 is 2.56 bits per heavy atom. The van der Waals surface area contributed by atoms with Crippen LogP contribution in [0.4, 0.5) is 0 Å². The molecule has 1 saturated carbocycles. The van der Waals surface area contributed by atoms with E-state index in [1.807, 2.05) is 10.3 Å². The van der Waals surface area contributed by atoms with Crippen LogP contribution < -0.4 is 0 Å². The molecule has 25 heavy (non-hydrogen) atoms. The minimum Gasteiger partial charge on any atom is -0.337 e. The summed E-state index contributed by atoms with van der Waals surface area (Å²) >= 11 is 1.71. The van der Waals surface area contributed by atoms with Crippen LogP contribution in [0.25, 0.3) is 0 Å². The molecule has 138 valence electrons. The van der Waals surface area contributed by atoms with Gasteiger partial charge in [0.25, 0.3) is 5.91 Å². The Bertz CT molecular complexity index is 588. The van der Waals surface area contributed by atoms with E-state index >= 15 is 0 Å². The van der Waals surface area contributed by atoms with Crippen LogP contribution in [0.5, 0.6) is 0 Å². The molecule has 1 unspecified atom stereocenters. The molecule has 0 N–H and O–H groups in total. The standard InChI is InChI=1S/C20H31N3OS/c1-15-5-4-10-23(13-15)20(24)18-14-25-19(21-18)16-8-11-22(12-9-16)17-6-2-3-7-17/h14-17H,2-13H2,1H3. The lowest BCUT2D eigenvalue weighted by molar-refractivity contribution is 0.0677. The number of carbonyl (C=O) groups excluding carboxylic acids is 1. The van der Waals surface area contributed by atoms with Crippen molar-refractivity contribution >= 4 is 17.2 Å². The molecule has 2 saturated heterocycles. The Morgan fingerprint density at radius 1 is 1.08 bits per heavy atom. The SMILES string of the molecule is CC1CCCN(C(=O)c2csc(C3CCN(C4CCCC4)CC3)n2)C1.